The lowest BCUT2D eigenvalue weighted by Crippen LogP contribution is -2.36. The van der Waals surface area contributed by atoms with Gasteiger partial charge in [0.25, 0.3) is 6.73 Å². The molecule has 110 valence electrons. The molecule has 1 aliphatic rings. The molecule has 1 aromatic heterocycles. The number of anilines is 1. The molecule has 0 bridgehead atoms. The number of nitroso groups, excluding NO2 is 1. The first kappa shape index (κ1) is 14.9. The molecule has 2 heterocycles. The Morgan fingerprint density at radius 3 is 3.05 bits per heavy atom. The molecule has 0 N–H and O–H groups in total. The fourth-order valence-corrected chi connectivity index (χ4v) is 1.88. The summed E-state index contributed by atoms with van der Waals surface area (Å²) in [5.74, 6) is 0. The van der Waals surface area contributed by atoms with Crippen molar-refractivity contribution in [1.82, 2.24) is 4.90 Å². The van der Waals surface area contributed by atoms with Crippen molar-refractivity contribution in [2.75, 3.05) is 25.7 Å². The summed E-state index contributed by atoms with van der Waals surface area (Å²) in [5.41, 5.74) is 1.81. The first-order valence-electron chi connectivity index (χ1n) is 6.59. The van der Waals surface area contributed by atoms with Crippen molar-refractivity contribution in [1.29, 1.82) is 0 Å². The van der Waals surface area contributed by atoms with Crippen molar-refractivity contribution in [3.63, 3.8) is 0 Å². The number of aromatic nitrogens is 1. The van der Waals surface area contributed by atoms with Gasteiger partial charge in [-0.2, -0.15) is 4.57 Å². The molecule has 0 saturated carbocycles. The Labute approximate surface area is 124 Å². The highest BCUT2D eigenvalue weighted by molar-refractivity contribution is 5.39. The second kappa shape index (κ2) is 7.35. The van der Waals surface area contributed by atoms with Gasteiger partial charge < -0.3 is 14.5 Å². The van der Waals surface area contributed by atoms with E-state index in [0.717, 1.165) is 5.69 Å². The smallest absolute Gasteiger partial charge is 0.254 e. The van der Waals surface area contributed by atoms with Gasteiger partial charge in [-0.15, -0.1) is 4.91 Å². The number of hydrogen-bond acceptors (Lipinski definition) is 5. The van der Waals surface area contributed by atoms with Crippen LogP contribution < -0.4 is 9.47 Å². The number of hydrogen-bond donors (Lipinski definition) is 0. The monoisotopic (exact) mass is 287 g/mol. The summed E-state index contributed by atoms with van der Waals surface area (Å²) in [6, 6.07) is 4.01. The molecule has 0 atom stereocenters. The van der Waals surface area contributed by atoms with E-state index in [1.54, 1.807) is 0 Å². The van der Waals surface area contributed by atoms with Crippen molar-refractivity contribution in [2.24, 2.45) is 5.18 Å². The first-order chi connectivity index (χ1) is 10.2. The van der Waals surface area contributed by atoms with Crippen molar-refractivity contribution in [3.8, 4) is 0 Å². The lowest BCUT2D eigenvalue weighted by atomic mass is 10.3. The Bertz CT molecular complexity index is 579. The van der Waals surface area contributed by atoms with Gasteiger partial charge in [0.05, 0.1) is 11.9 Å². The minimum Gasteiger partial charge on any atom is -0.373 e. The summed E-state index contributed by atoms with van der Waals surface area (Å²) in [5, 5.41) is 2.80. The fourth-order valence-electron chi connectivity index (χ4n) is 1.88. The molecule has 1 aromatic rings. The Morgan fingerprint density at radius 2 is 2.29 bits per heavy atom. The summed E-state index contributed by atoms with van der Waals surface area (Å²) in [6.07, 6.45) is 12.6. The number of ether oxygens (including phenoxy) is 1. The van der Waals surface area contributed by atoms with Gasteiger partial charge in [-0.1, -0.05) is 6.08 Å². The molecule has 21 heavy (non-hydrogen) atoms. The third-order valence-corrected chi connectivity index (χ3v) is 2.99. The van der Waals surface area contributed by atoms with Crippen LogP contribution in [0, 0.1) is 4.91 Å². The lowest BCUT2D eigenvalue weighted by Gasteiger charge is -2.21. The van der Waals surface area contributed by atoms with Gasteiger partial charge in [-0.05, 0) is 23.4 Å². The van der Waals surface area contributed by atoms with Gasteiger partial charge >= 0.3 is 0 Å². The summed E-state index contributed by atoms with van der Waals surface area (Å²) in [4.78, 5) is 14.2. The largest absolute Gasteiger partial charge is 0.373 e. The average Bonchev–Trinajstić information content (AvgIpc) is 2.49. The molecule has 0 spiro atoms. The maximum absolute atomic E-state index is 10.4. The zero-order valence-electron chi connectivity index (χ0n) is 12.2. The minimum atomic E-state index is 0.349. The van der Waals surface area contributed by atoms with Crippen LogP contribution in [-0.4, -0.2) is 25.7 Å². The molecular formula is C15H19N4O2+. The maximum atomic E-state index is 10.4. The van der Waals surface area contributed by atoms with E-state index in [-0.39, 0.29) is 0 Å². The zero-order valence-corrected chi connectivity index (χ0v) is 12.2. The van der Waals surface area contributed by atoms with Crippen LogP contribution in [0.2, 0.25) is 0 Å². The van der Waals surface area contributed by atoms with Crippen LogP contribution in [0.25, 0.3) is 0 Å². The van der Waals surface area contributed by atoms with E-state index in [4.69, 9.17) is 4.74 Å². The van der Waals surface area contributed by atoms with Gasteiger partial charge in [0.2, 0.25) is 0 Å². The van der Waals surface area contributed by atoms with Gasteiger partial charge in [-0.3, -0.25) is 0 Å². The number of allylic oxidation sites excluding steroid dienone is 3. The minimum absolute atomic E-state index is 0.349. The van der Waals surface area contributed by atoms with Crippen molar-refractivity contribution in [2.45, 2.75) is 6.73 Å². The third-order valence-electron chi connectivity index (χ3n) is 2.99. The van der Waals surface area contributed by atoms with Crippen molar-refractivity contribution < 1.29 is 9.30 Å². The molecule has 6 nitrogen and oxygen atoms in total. The molecular weight excluding hydrogens is 268 g/mol. The van der Waals surface area contributed by atoms with Crippen LogP contribution in [0.3, 0.4) is 0 Å². The lowest BCUT2D eigenvalue weighted by molar-refractivity contribution is -0.733. The summed E-state index contributed by atoms with van der Waals surface area (Å²) < 4.78 is 7.63. The predicted molar refractivity (Wildman–Crippen MR) is 80.9 cm³/mol. The molecule has 0 aromatic carbocycles. The number of pyridine rings is 1. The van der Waals surface area contributed by atoms with Crippen LogP contribution in [0.4, 0.5) is 5.69 Å². The Balaban J connectivity index is 1.90. The van der Waals surface area contributed by atoms with Crippen LogP contribution >= 0.6 is 0 Å². The molecule has 0 aliphatic carbocycles. The van der Waals surface area contributed by atoms with Gasteiger partial charge in [0.1, 0.15) is 12.4 Å². The van der Waals surface area contributed by atoms with Crippen molar-refractivity contribution >= 4 is 5.69 Å². The zero-order chi connectivity index (χ0) is 15.1. The van der Waals surface area contributed by atoms with Crippen LogP contribution in [0.15, 0.2) is 66.0 Å². The van der Waals surface area contributed by atoms with E-state index in [1.807, 2.05) is 77.4 Å². The summed E-state index contributed by atoms with van der Waals surface area (Å²) in [6.45, 7) is 0.777. The quantitative estimate of drug-likeness (QED) is 0.593. The number of rotatable bonds is 6. The molecule has 0 unspecified atom stereocenters. The van der Waals surface area contributed by atoms with Crippen LogP contribution in [0.5, 0.6) is 0 Å². The molecule has 1 aliphatic heterocycles. The van der Waals surface area contributed by atoms with E-state index >= 15 is 0 Å². The van der Waals surface area contributed by atoms with E-state index in [2.05, 4.69) is 5.18 Å². The average molecular weight is 287 g/mol. The normalized spacial score (nSPS) is 15.5. The molecule has 6 heteroatoms. The van der Waals surface area contributed by atoms with Gasteiger partial charge in [0, 0.05) is 26.4 Å². The van der Waals surface area contributed by atoms with Crippen molar-refractivity contribution in [3.05, 3.63) is 65.8 Å². The van der Waals surface area contributed by atoms with Crippen LogP contribution in [-0.2, 0) is 11.5 Å². The van der Waals surface area contributed by atoms with Gasteiger partial charge in [0.15, 0.2) is 12.4 Å². The van der Waals surface area contributed by atoms with E-state index < -0.39 is 0 Å². The Morgan fingerprint density at radius 1 is 1.43 bits per heavy atom. The molecule has 0 saturated heterocycles. The van der Waals surface area contributed by atoms with E-state index in [9.17, 15) is 4.91 Å². The highest BCUT2D eigenvalue weighted by Gasteiger charge is 2.09. The predicted octanol–water partition coefficient (Wildman–Crippen LogP) is 1.96. The van der Waals surface area contributed by atoms with Crippen LogP contribution in [0.1, 0.15) is 0 Å². The summed E-state index contributed by atoms with van der Waals surface area (Å²) >= 11 is 0. The van der Waals surface area contributed by atoms with E-state index in [1.165, 1.54) is 6.20 Å². The second-order valence-corrected chi connectivity index (χ2v) is 4.76. The Hall–Kier alpha value is -2.47. The molecule has 2 rings (SSSR count). The van der Waals surface area contributed by atoms with E-state index in [0.29, 0.717) is 19.2 Å². The first-order valence-corrected chi connectivity index (χ1v) is 6.59. The number of nitrogens with zero attached hydrogens (tertiary/aromatic N) is 4. The fraction of sp³-hybridized carbons (Fsp3) is 0.267. The highest BCUT2D eigenvalue weighted by atomic mass is 16.5. The molecule has 0 radical (unpaired) electrons. The molecule has 0 fully saturated rings. The third kappa shape index (κ3) is 4.25. The summed E-state index contributed by atoms with van der Waals surface area (Å²) in [7, 11) is 3.99. The highest BCUT2D eigenvalue weighted by Crippen LogP contribution is 2.12. The Kier molecular flexibility index (Phi) is 5.22. The molecule has 0 amide bonds. The maximum Gasteiger partial charge on any atom is 0.254 e. The standard InChI is InChI=1S/C15H19N4O2/c1-17(2)15-7-5-8-18(11-15)12-21-13-19-9-4-3-6-14(19)10-16-20/h3-11H,12-13H2,1-2H3/q+1/b14-10+. The SMILES string of the molecule is CN(C)c1ccc[n+](COCN2C=CC=C/C2=C\N=O)c1. The topological polar surface area (TPSA) is 49.0 Å². The van der Waals surface area contributed by atoms with Gasteiger partial charge in [-0.25, -0.2) is 0 Å². The second-order valence-electron chi connectivity index (χ2n) is 4.76.